The van der Waals surface area contributed by atoms with Crippen molar-refractivity contribution < 1.29 is 51.8 Å². The van der Waals surface area contributed by atoms with Crippen molar-refractivity contribution in [2.75, 3.05) is 0 Å². The molecule has 1 rings (SSSR count). The van der Waals surface area contributed by atoms with Gasteiger partial charge >= 0.3 is 33.0 Å². The molecule has 106 valence electrons. The second-order valence-corrected chi connectivity index (χ2v) is 3.11. The zero-order valence-electron chi connectivity index (χ0n) is 9.01. The molecule has 1 aliphatic carbocycles. The maximum Gasteiger partial charge on any atom is 2.00 e. The number of hydrogen-bond acceptors (Lipinski definition) is 2. The Morgan fingerprint density at radius 3 is 1.24 bits per heavy atom. The summed E-state index contributed by atoms with van der Waals surface area (Å²) in [4.78, 5) is 18.2. The molecule has 0 radical (unpaired) electrons. The number of hydrogen-bond donors (Lipinski definition) is 2. The Morgan fingerprint density at radius 1 is 0.882 bits per heavy atom. The molecule has 2 atom stereocenters. The van der Waals surface area contributed by atoms with Gasteiger partial charge in [-0.15, -0.1) is 0 Å². The molecule has 17 heavy (non-hydrogen) atoms. The molecule has 0 spiro atoms. The van der Waals surface area contributed by atoms with Crippen molar-refractivity contribution in [1.29, 1.82) is 0 Å². The Kier molecular flexibility index (Phi) is 20.2. The third-order valence-electron chi connectivity index (χ3n) is 1.95. The number of carbonyl (C=O) groups is 2. The minimum atomic E-state index is -1.82. The minimum absolute atomic E-state index is 0. The molecule has 0 aliphatic heterocycles. The Balaban J connectivity index is -0.0000000873. The predicted molar refractivity (Wildman–Crippen MR) is 57.2 cm³/mol. The average Bonchev–Trinajstić information content (AvgIpc) is 2.11. The van der Waals surface area contributed by atoms with Crippen LogP contribution in [0.3, 0.4) is 0 Å². The summed E-state index contributed by atoms with van der Waals surface area (Å²) in [5, 5.41) is 14.8. The normalized spacial score (nSPS) is 21.3. The first-order chi connectivity index (χ1) is 6.45. The van der Waals surface area contributed by atoms with Gasteiger partial charge in [0.05, 0.1) is 0 Å². The van der Waals surface area contributed by atoms with Gasteiger partial charge in [0.2, 0.25) is 0 Å². The van der Waals surface area contributed by atoms with Gasteiger partial charge in [-0.05, 0) is 0 Å². The van der Waals surface area contributed by atoms with Gasteiger partial charge in [0.15, 0.2) is 0 Å². The summed E-state index contributed by atoms with van der Waals surface area (Å²) in [7, 11) is 0. The molecule has 8 N–H and O–H groups in total. The van der Waals surface area contributed by atoms with E-state index in [4.69, 9.17) is 31.3 Å². The van der Waals surface area contributed by atoms with Crippen molar-refractivity contribution in [3.05, 3.63) is 11.5 Å². The van der Waals surface area contributed by atoms with E-state index in [2.05, 4.69) is 0 Å². The fourth-order valence-electron chi connectivity index (χ4n) is 1.13. The van der Waals surface area contributed by atoms with E-state index in [-0.39, 0.29) is 44.1 Å². The molecule has 8 nitrogen and oxygen atoms in total. The third kappa shape index (κ3) is 13.4. The monoisotopic (exact) mass is 433 g/mol. The Bertz CT molecular complexity index is 194. The number of carboxylic acid groups (broad SMARTS) is 2. The molecular weight excluding hydrogens is 415 g/mol. The molecule has 0 aromatic rings. The summed E-state index contributed by atoms with van der Waals surface area (Å²) < 4.78 is 0. The quantitative estimate of drug-likeness (QED) is 0.506. The Hall–Kier alpha value is -0.532. The fraction of sp³-hybridized carbons (Fsp3) is 0.750. The maximum atomic E-state index is 9.10. The first kappa shape index (κ1) is 25.3. The topological polar surface area (TPSA) is 185 Å². The molecule has 1 saturated carbocycles. The van der Waals surface area contributed by atoms with Crippen LogP contribution < -0.4 is 0 Å². The SMILES string of the molecule is O.O.O=C(O)C(=O)O.[NH-]C1CCCC[C@H]1[NH-].[Pt+2]. The molecule has 0 bridgehead atoms. The van der Waals surface area contributed by atoms with E-state index in [1.165, 1.54) is 12.8 Å². The van der Waals surface area contributed by atoms with Crippen LogP contribution in [0.1, 0.15) is 25.7 Å². The zero-order chi connectivity index (χ0) is 11.1. The van der Waals surface area contributed by atoms with Gasteiger partial charge in [0.25, 0.3) is 0 Å². The van der Waals surface area contributed by atoms with E-state index in [1.54, 1.807) is 0 Å². The van der Waals surface area contributed by atoms with Gasteiger partial charge in [-0.25, -0.2) is 9.59 Å². The van der Waals surface area contributed by atoms with Crippen LogP contribution in [0.2, 0.25) is 0 Å². The van der Waals surface area contributed by atoms with Gasteiger partial charge in [0.1, 0.15) is 0 Å². The van der Waals surface area contributed by atoms with E-state index < -0.39 is 11.9 Å². The van der Waals surface area contributed by atoms with Crippen molar-refractivity contribution in [2.45, 2.75) is 37.8 Å². The second kappa shape index (κ2) is 13.5. The van der Waals surface area contributed by atoms with Gasteiger partial charge in [-0.2, -0.15) is 12.1 Å². The van der Waals surface area contributed by atoms with Crippen LogP contribution in [0.4, 0.5) is 0 Å². The van der Waals surface area contributed by atoms with Crippen LogP contribution in [0, 0.1) is 0 Å². The molecule has 0 amide bonds. The van der Waals surface area contributed by atoms with Crippen molar-refractivity contribution in [1.82, 2.24) is 0 Å². The summed E-state index contributed by atoms with van der Waals surface area (Å²) >= 11 is 0. The number of aliphatic carboxylic acids is 2. The number of carboxylic acids is 2. The van der Waals surface area contributed by atoms with E-state index in [9.17, 15) is 0 Å². The summed E-state index contributed by atoms with van der Waals surface area (Å²) in [5.74, 6) is -3.65. The molecule has 0 aromatic heterocycles. The zero-order valence-corrected chi connectivity index (χ0v) is 11.3. The van der Waals surface area contributed by atoms with Crippen molar-refractivity contribution in [3.63, 3.8) is 0 Å². The molecule has 1 unspecified atom stereocenters. The number of rotatable bonds is 0. The Labute approximate surface area is 113 Å². The molecule has 1 aliphatic rings. The molecular formula is C8H18N2O6Pt. The Morgan fingerprint density at radius 2 is 1.12 bits per heavy atom. The van der Waals surface area contributed by atoms with Gasteiger partial charge in [-0.1, -0.05) is 25.7 Å². The average molecular weight is 433 g/mol. The van der Waals surface area contributed by atoms with Crippen LogP contribution in [-0.4, -0.2) is 45.2 Å². The molecule has 1 fully saturated rings. The first-order valence-corrected chi connectivity index (χ1v) is 4.33. The summed E-state index contributed by atoms with van der Waals surface area (Å²) in [6.07, 6.45) is 4.25. The maximum absolute atomic E-state index is 9.10. The fourth-order valence-corrected chi connectivity index (χ4v) is 1.13. The van der Waals surface area contributed by atoms with E-state index in [1.807, 2.05) is 0 Å². The third-order valence-corrected chi connectivity index (χ3v) is 1.95. The minimum Gasteiger partial charge on any atom is -0.676 e. The van der Waals surface area contributed by atoms with Crippen molar-refractivity contribution >= 4 is 11.9 Å². The number of nitrogens with one attached hydrogen (secondary N) is 2. The largest absolute Gasteiger partial charge is 2.00 e. The molecule has 0 aromatic carbocycles. The van der Waals surface area contributed by atoms with Crippen molar-refractivity contribution in [2.24, 2.45) is 0 Å². The van der Waals surface area contributed by atoms with Crippen molar-refractivity contribution in [3.8, 4) is 0 Å². The predicted octanol–water partition coefficient (Wildman–Crippen LogP) is -0.0943. The van der Waals surface area contributed by atoms with E-state index in [0.717, 1.165) is 12.8 Å². The van der Waals surface area contributed by atoms with Crippen LogP contribution >= 0.6 is 0 Å². The molecule has 0 saturated heterocycles. The summed E-state index contributed by atoms with van der Waals surface area (Å²) in [5.41, 5.74) is 14.6. The van der Waals surface area contributed by atoms with Gasteiger partial charge < -0.3 is 32.6 Å². The van der Waals surface area contributed by atoms with Gasteiger partial charge in [0, 0.05) is 0 Å². The molecule has 9 heteroatoms. The standard InChI is InChI=1S/C6H12N2.C2H2O4.2H2O.Pt/c7-5-3-1-2-4-6(5)8;3-1(4)2(5)6;;;/h5-8H,1-4H2;(H,3,4)(H,5,6);2*1H2;/q-2;;;;+2/t5-,6?;;;;/m1..../s1. The van der Waals surface area contributed by atoms with E-state index >= 15 is 0 Å². The van der Waals surface area contributed by atoms with Gasteiger partial charge in [-0.3, -0.25) is 0 Å². The molecule has 0 heterocycles. The van der Waals surface area contributed by atoms with E-state index in [0.29, 0.717) is 0 Å². The second-order valence-electron chi connectivity index (χ2n) is 3.11. The van der Waals surface area contributed by atoms with Crippen LogP contribution in [0.15, 0.2) is 0 Å². The first-order valence-electron chi connectivity index (χ1n) is 4.33. The summed E-state index contributed by atoms with van der Waals surface area (Å²) in [6.45, 7) is 0. The smallest absolute Gasteiger partial charge is 0.676 e. The van der Waals surface area contributed by atoms with Crippen LogP contribution in [0.25, 0.3) is 11.5 Å². The van der Waals surface area contributed by atoms with Crippen LogP contribution in [0.5, 0.6) is 0 Å². The summed E-state index contributed by atoms with van der Waals surface area (Å²) in [6, 6.07) is -0.160. The van der Waals surface area contributed by atoms with Crippen LogP contribution in [-0.2, 0) is 30.7 Å².